The number of pyridine rings is 1. The summed E-state index contributed by atoms with van der Waals surface area (Å²) in [5, 5.41) is 0. The maximum absolute atomic E-state index is 12.7. The molecule has 0 radical (unpaired) electrons. The summed E-state index contributed by atoms with van der Waals surface area (Å²) in [6.45, 7) is 0.483. The number of fused-ring (bicyclic) bond motifs is 1. The summed E-state index contributed by atoms with van der Waals surface area (Å²) in [7, 11) is 0. The Hall–Kier alpha value is -3.44. The number of hydrogen-bond acceptors (Lipinski definition) is 8. The zero-order chi connectivity index (χ0) is 22.5. The average Bonchev–Trinajstić information content (AvgIpc) is 3.37. The van der Waals surface area contributed by atoms with Gasteiger partial charge in [0.05, 0.1) is 4.91 Å². The smallest absolute Gasteiger partial charge is 0.269 e. The van der Waals surface area contributed by atoms with Crippen molar-refractivity contribution in [2.75, 3.05) is 13.3 Å². The van der Waals surface area contributed by atoms with Crippen molar-refractivity contribution in [2.24, 2.45) is 0 Å². The average molecular weight is 471 g/mol. The molecule has 3 heterocycles. The van der Waals surface area contributed by atoms with E-state index in [4.69, 9.17) is 21.7 Å². The summed E-state index contributed by atoms with van der Waals surface area (Å²) in [5.41, 5.74) is 5.88. The lowest BCUT2D eigenvalue weighted by atomic mass is 10.2. The van der Waals surface area contributed by atoms with E-state index in [1.54, 1.807) is 18.2 Å². The van der Waals surface area contributed by atoms with Crippen LogP contribution in [0, 0.1) is 0 Å². The molecule has 0 saturated carbocycles. The Kier molecular flexibility index (Phi) is 6.66. The first kappa shape index (κ1) is 21.8. The molecule has 0 aliphatic carbocycles. The van der Waals surface area contributed by atoms with Gasteiger partial charge in [-0.2, -0.15) is 0 Å². The number of rotatable bonds is 6. The van der Waals surface area contributed by atoms with Crippen molar-refractivity contribution < 1.29 is 23.9 Å². The molecule has 3 amide bonds. The van der Waals surface area contributed by atoms with Crippen LogP contribution in [0.5, 0.6) is 11.5 Å². The fourth-order valence-electron chi connectivity index (χ4n) is 3.01. The van der Waals surface area contributed by atoms with E-state index in [1.807, 2.05) is 6.07 Å². The minimum absolute atomic E-state index is 0.120. The third-order valence-electron chi connectivity index (χ3n) is 4.61. The van der Waals surface area contributed by atoms with Crippen molar-refractivity contribution in [2.45, 2.75) is 12.8 Å². The molecule has 11 heteroatoms. The number of nitrogens with zero attached hydrogens (tertiary/aromatic N) is 2. The second-order valence-corrected chi connectivity index (χ2v) is 8.46. The van der Waals surface area contributed by atoms with Gasteiger partial charge in [0.15, 0.2) is 11.5 Å². The highest BCUT2D eigenvalue weighted by molar-refractivity contribution is 8.26. The zero-order valence-corrected chi connectivity index (χ0v) is 18.3. The van der Waals surface area contributed by atoms with Crippen LogP contribution in [0.2, 0.25) is 0 Å². The topological polar surface area (TPSA) is 110 Å². The number of benzene rings is 1. The molecule has 0 atom stereocenters. The van der Waals surface area contributed by atoms with Crippen molar-refractivity contribution in [3.05, 3.63) is 58.8 Å². The monoisotopic (exact) mass is 470 g/mol. The second-order valence-electron chi connectivity index (χ2n) is 6.79. The van der Waals surface area contributed by atoms with E-state index in [0.717, 1.165) is 5.56 Å². The molecule has 1 saturated heterocycles. The Morgan fingerprint density at radius 1 is 1.16 bits per heavy atom. The number of nitrogens with one attached hydrogen (secondary N) is 2. The van der Waals surface area contributed by atoms with Gasteiger partial charge in [0, 0.05) is 30.9 Å². The lowest BCUT2D eigenvalue weighted by molar-refractivity contribution is -0.124. The Morgan fingerprint density at radius 3 is 2.75 bits per heavy atom. The first-order chi connectivity index (χ1) is 15.5. The van der Waals surface area contributed by atoms with Gasteiger partial charge >= 0.3 is 0 Å². The molecule has 0 spiro atoms. The minimum atomic E-state index is -0.439. The van der Waals surface area contributed by atoms with Gasteiger partial charge in [-0.05, 0) is 42.3 Å². The number of hydrogen-bond donors (Lipinski definition) is 2. The first-order valence-corrected chi connectivity index (χ1v) is 10.9. The first-order valence-electron chi connectivity index (χ1n) is 9.65. The SMILES string of the molecule is O=C(CCCN1C(=O)/C(=C/c2ccc3c(c2)OCO3)SC1=S)NNC(=O)c1ccncc1. The van der Waals surface area contributed by atoms with E-state index < -0.39 is 5.91 Å². The summed E-state index contributed by atoms with van der Waals surface area (Å²) in [5.74, 6) is 0.297. The molecule has 1 fully saturated rings. The molecule has 0 unspecified atom stereocenters. The Bertz CT molecular complexity index is 1110. The summed E-state index contributed by atoms with van der Waals surface area (Å²) < 4.78 is 11.1. The van der Waals surface area contributed by atoms with Gasteiger partial charge in [-0.3, -0.25) is 35.1 Å². The van der Waals surface area contributed by atoms with Crippen LogP contribution < -0.4 is 20.3 Å². The minimum Gasteiger partial charge on any atom is -0.454 e. The molecule has 2 aliphatic rings. The van der Waals surface area contributed by atoms with Crippen LogP contribution in [0.15, 0.2) is 47.6 Å². The molecule has 2 N–H and O–H groups in total. The van der Waals surface area contributed by atoms with Gasteiger partial charge < -0.3 is 9.47 Å². The predicted molar refractivity (Wildman–Crippen MR) is 122 cm³/mol. The number of ether oxygens (including phenoxy) is 2. The predicted octanol–water partition coefficient (Wildman–Crippen LogP) is 2.25. The van der Waals surface area contributed by atoms with Crippen LogP contribution in [-0.2, 0) is 9.59 Å². The molecule has 4 rings (SSSR count). The van der Waals surface area contributed by atoms with Gasteiger partial charge in [-0.1, -0.05) is 30.0 Å². The van der Waals surface area contributed by atoms with Crippen LogP contribution in [0.25, 0.3) is 6.08 Å². The van der Waals surface area contributed by atoms with Crippen molar-refractivity contribution in [1.29, 1.82) is 0 Å². The van der Waals surface area contributed by atoms with Gasteiger partial charge in [0.1, 0.15) is 4.32 Å². The number of thiocarbonyl (C=S) groups is 1. The van der Waals surface area contributed by atoms with Crippen LogP contribution in [0.1, 0.15) is 28.8 Å². The third kappa shape index (κ3) is 5.06. The highest BCUT2D eigenvalue weighted by Gasteiger charge is 2.31. The van der Waals surface area contributed by atoms with Gasteiger partial charge in [0.2, 0.25) is 12.7 Å². The van der Waals surface area contributed by atoms with E-state index in [1.165, 1.54) is 41.2 Å². The molecule has 2 aliphatic heterocycles. The molecular weight excluding hydrogens is 452 g/mol. The zero-order valence-electron chi connectivity index (χ0n) is 16.7. The lowest BCUT2D eigenvalue weighted by Gasteiger charge is -2.14. The van der Waals surface area contributed by atoms with Crippen LogP contribution in [0.4, 0.5) is 0 Å². The molecular formula is C21H18N4O5S2. The molecule has 0 bridgehead atoms. The molecule has 9 nitrogen and oxygen atoms in total. The number of amides is 3. The molecule has 32 heavy (non-hydrogen) atoms. The second kappa shape index (κ2) is 9.79. The summed E-state index contributed by atoms with van der Waals surface area (Å²) in [6, 6.07) is 8.51. The quantitative estimate of drug-likeness (QED) is 0.376. The maximum atomic E-state index is 12.7. The van der Waals surface area contributed by atoms with Gasteiger partial charge in [0.25, 0.3) is 11.8 Å². The number of thioether (sulfide) groups is 1. The highest BCUT2D eigenvalue weighted by Crippen LogP contribution is 2.36. The van der Waals surface area contributed by atoms with Crippen LogP contribution >= 0.6 is 24.0 Å². The Morgan fingerprint density at radius 2 is 1.94 bits per heavy atom. The fourth-order valence-corrected chi connectivity index (χ4v) is 4.32. The molecule has 1 aromatic carbocycles. The summed E-state index contributed by atoms with van der Waals surface area (Å²) in [6.07, 6.45) is 5.23. The van der Waals surface area contributed by atoms with E-state index in [2.05, 4.69) is 15.8 Å². The van der Waals surface area contributed by atoms with Crippen molar-refractivity contribution in [3.8, 4) is 11.5 Å². The third-order valence-corrected chi connectivity index (χ3v) is 5.99. The Labute approximate surface area is 193 Å². The van der Waals surface area contributed by atoms with Crippen LogP contribution in [0.3, 0.4) is 0 Å². The van der Waals surface area contributed by atoms with Gasteiger partial charge in [-0.15, -0.1) is 0 Å². The van der Waals surface area contributed by atoms with Crippen molar-refractivity contribution >= 4 is 52.1 Å². The number of carbonyl (C=O) groups excluding carboxylic acids is 3. The maximum Gasteiger partial charge on any atom is 0.269 e. The summed E-state index contributed by atoms with van der Waals surface area (Å²) >= 11 is 6.54. The van der Waals surface area contributed by atoms with Crippen LogP contribution in [-0.4, -0.2) is 45.3 Å². The highest BCUT2D eigenvalue weighted by atomic mass is 32.2. The normalized spacial score (nSPS) is 15.9. The standard InChI is InChI=1S/C21H18N4O5S2/c26-18(23-24-19(27)14-5-7-22-8-6-14)2-1-9-25-20(28)17(32-21(25)31)11-13-3-4-15-16(10-13)30-12-29-15/h3-8,10-11H,1-2,9,12H2,(H,23,26)(H,24,27)/b17-11-. The molecule has 2 aromatic rings. The van der Waals surface area contributed by atoms with Crippen molar-refractivity contribution in [1.82, 2.24) is 20.7 Å². The van der Waals surface area contributed by atoms with E-state index in [0.29, 0.717) is 39.3 Å². The van der Waals surface area contributed by atoms with Gasteiger partial charge in [-0.25, -0.2) is 0 Å². The number of aromatic nitrogens is 1. The molecule has 164 valence electrons. The Balaban J connectivity index is 1.26. The largest absolute Gasteiger partial charge is 0.454 e. The van der Waals surface area contributed by atoms with Crippen molar-refractivity contribution in [3.63, 3.8) is 0 Å². The fraction of sp³-hybridized carbons (Fsp3) is 0.190. The molecule has 1 aromatic heterocycles. The number of carbonyl (C=O) groups is 3. The lowest BCUT2D eigenvalue weighted by Crippen LogP contribution is -2.41. The van der Waals surface area contributed by atoms with E-state index in [9.17, 15) is 14.4 Å². The number of hydrazine groups is 1. The van der Waals surface area contributed by atoms with E-state index in [-0.39, 0.29) is 25.0 Å². The van der Waals surface area contributed by atoms with E-state index >= 15 is 0 Å². The summed E-state index contributed by atoms with van der Waals surface area (Å²) in [4.78, 5) is 42.5.